The molecule has 1 heterocycles. The number of hydrogen-bond donors (Lipinski definition) is 2. The second-order valence-corrected chi connectivity index (χ2v) is 9.37. The van der Waals surface area contributed by atoms with E-state index in [9.17, 15) is 4.21 Å². The summed E-state index contributed by atoms with van der Waals surface area (Å²) >= 11 is 1.69. The summed E-state index contributed by atoms with van der Waals surface area (Å²) in [5.74, 6) is 1.34. The van der Waals surface area contributed by atoms with Gasteiger partial charge in [0.15, 0.2) is 5.96 Å². The molecule has 0 aliphatic carbocycles. The Morgan fingerprint density at radius 2 is 1.95 bits per heavy atom. The maximum atomic E-state index is 12.0. The van der Waals surface area contributed by atoms with Crippen molar-refractivity contribution in [1.82, 2.24) is 15.6 Å². The Bertz CT molecular complexity index is 523. The minimum Gasteiger partial charge on any atom is -0.355 e. The molecular formula is C14H27IN4OS2. The van der Waals surface area contributed by atoms with Crippen LogP contribution in [-0.2, 0) is 17.3 Å². The molecule has 128 valence electrons. The van der Waals surface area contributed by atoms with Gasteiger partial charge in [-0.05, 0) is 34.6 Å². The number of guanidine groups is 1. The standard InChI is InChI=1S/C14H26N4OS2.HI/c1-10-12(20-11(2)18-10)9-17-13(15-6)16-7-8-21(19)14(3,4)5;/h7-9H2,1-6H3,(H2,15,16,17);1H. The number of aliphatic imine (C=N–C) groups is 1. The van der Waals surface area contributed by atoms with Gasteiger partial charge in [-0.25, -0.2) is 4.98 Å². The Kier molecular flexibility index (Phi) is 9.72. The lowest BCUT2D eigenvalue weighted by atomic mass is 10.3. The van der Waals surface area contributed by atoms with E-state index in [4.69, 9.17) is 0 Å². The van der Waals surface area contributed by atoms with Gasteiger partial charge in [-0.2, -0.15) is 0 Å². The molecule has 0 saturated heterocycles. The molecule has 2 N–H and O–H groups in total. The lowest BCUT2D eigenvalue weighted by molar-refractivity contribution is 0.647. The highest BCUT2D eigenvalue weighted by atomic mass is 127. The molecular weight excluding hydrogens is 431 g/mol. The van der Waals surface area contributed by atoms with Crippen LogP contribution in [0.25, 0.3) is 0 Å². The maximum Gasteiger partial charge on any atom is 0.191 e. The van der Waals surface area contributed by atoms with Crippen LogP contribution in [-0.4, -0.2) is 39.2 Å². The summed E-state index contributed by atoms with van der Waals surface area (Å²) in [7, 11) is 0.888. The number of nitrogens with zero attached hydrogens (tertiary/aromatic N) is 2. The average molecular weight is 458 g/mol. The van der Waals surface area contributed by atoms with Crippen molar-refractivity contribution in [2.45, 2.75) is 45.9 Å². The lowest BCUT2D eigenvalue weighted by Gasteiger charge is -2.18. The molecule has 1 atom stereocenters. The van der Waals surface area contributed by atoms with Gasteiger partial charge >= 0.3 is 0 Å². The van der Waals surface area contributed by atoms with Crippen LogP contribution in [0.2, 0.25) is 0 Å². The van der Waals surface area contributed by atoms with Gasteiger partial charge in [0.25, 0.3) is 0 Å². The fourth-order valence-corrected chi connectivity index (χ4v) is 3.47. The second kappa shape index (κ2) is 9.82. The minimum atomic E-state index is -0.849. The highest BCUT2D eigenvalue weighted by molar-refractivity contribution is 14.0. The summed E-state index contributed by atoms with van der Waals surface area (Å²) in [5, 5.41) is 7.54. The Morgan fingerprint density at radius 3 is 2.41 bits per heavy atom. The predicted molar refractivity (Wildman–Crippen MR) is 108 cm³/mol. The summed E-state index contributed by atoms with van der Waals surface area (Å²) in [4.78, 5) is 9.80. The molecule has 0 radical (unpaired) electrons. The molecule has 0 aliphatic heterocycles. The molecule has 0 amide bonds. The molecule has 8 heteroatoms. The van der Waals surface area contributed by atoms with E-state index in [0.717, 1.165) is 16.7 Å². The third kappa shape index (κ3) is 7.36. The first-order valence-electron chi connectivity index (χ1n) is 7.00. The minimum absolute atomic E-state index is 0. The number of nitrogens with one attached hydrogen (secondary N) is 2. The number of rotatable bonds is 5. The molecule has 0 aliphatic rings. The number of aromatic nitrogens is 1. The van der Waals surface area contributed by atoms with Gasteiger partial charge in [0.05, 0.1) is 17.2 Å². The van der Waals surface area contributed by atoms with E-state index in [1.165, 1.54) is 4.88 Å². The molecule has 0 fully saturated rings. The summed E-state index contributed by atoms with van der Waals surface area (Å²) in [6.45, 7) is 11.4. The normalized spacial score (nSPS) is 13.5. The fraction of sp³-hybridized carbons (Fsp3) is 0.714. The molecule has 1 aromatic rings. The van der Waals surface area contributed by atoms with Gasteiger partial charge in [0.2, 0.25) is 0 Å². The van der Waals surface area contributed by atoms with Crippen molar-refractivity contribution in [2.24, 2.45) is 4.99 Å². The summed E-state index contributed by atoms with van der Waals surface area (Å²) in [5.41, 5.74) is 1.06. The van der Waals surface area contributed by atoms with Gasteiger partial charge in [-0.3, -0.25) is 9.20 Å². The van der Waals surface area contributed by atoms with Crippen LogP contribution in [0, 0.1) is 13.8 Å². The van der Waals surface area contributed by atoms with Crippen molar-refractivity contribution in [1.29, 1.82) is 0 Å². The van der Waals surface area contributed by atoms with Crippen LogP contribution in [0.15, 0.2) is 4.99 Å². The second-order valence-electron chi connectivity index (χ2n) is 5.76. The van der Waals surface area contributed by atoms with Gasteiger partial charge < -0.3 is 10.6 Å². The number of thiazole rings is 1. The van der Waals surface area contributed by atoms with E-state index >= 15 is 0 Å². The molecule has 0 aromatic carbocycles. The van der Waals surface area contributed by atoms with Crippen LogP contribution in [0.5, 0.6) is 0 Å². The molecule has 0 saturated carbocycles. The van der Waals surface area contributed by atoms with Gasteiger partial charge in [-0.15, -0.1) is 35.3 Å². The Hall–Kier alpha value is -0.220. The van der Waals surface area contributed by atoms with E-state index in [-0.39, 0.29) is 28.7 Å². The molecule has 1 unspecified atom stereocenters. The average Bonchev–Trinajstić information content (AvgIpc) is 2.70. The zero-order valence-corrected chi connectivity index (χ0v) is 18.1. The molecule has 0 bridgehead atoms. The highest BCUT2D eigenvalue weighted by Gasteiger charge is 2.18. The molecule has 5 nitrogen and oxygen atoms in total. The largest absolute Gasteiger partial charge is 0.355 e. The molecule has 22 heavy (non-hydrogen) atoms. The van der Waals surface area contributed by atoms with Crippen molar-refractivity contribution in [2.75, 3.05) is 19.3 Å². The van der Waals surface area contributed by atoms with Crippen LogP contribution < -0.4 is 10.6 Å². The summed E-state index contributed by atoms with van der Waals surface area (Å²) in [6.07, 6.45) is 0. The van der Waals surface area contributed by atoms with Crippen LogP contribution in [0.4, 0.5) is 0 Å². The zero-order chi connectivity index (χ0) is 16.0. The third-order valence-corrected chi connectivity index (χ3v) is 5.92. The Balaban J connectivity index is 0.00000441. The molecule has 0 spiro atoms. The van der Waals surface area contributed by atoms with Crippen molar-refractivity contribution in [3.05, 3.63) is 15.6 Å². The predicted octanol–water partition coefficient (Wildman–Crippen LogP) is 2.59. The lowest BCUT2D eigenvalue weighted by Crippen LogP contribution is -2.40. The first-order valence-corrected chi connectivity index (χ1v) is 9.13. The van der Waals surface area contributed by atoms with E-state index in [1.54, 1.807) is 18.4 Å². The zero-order valence-electron chi connectivity index (χ0n) is 14.1. The smallest absolute Gasteiger partial charge is 0.191 e. The van der Waals surface area contributed by atoms with Gasteiger partial charge in [-0.1, -0.05) is 0 Å². The quantitative estimate of drug-likeness (QED) is 0.405. The van der Waals surface area contributed by atoms with E-state index in [0.29, 0.717) is 18.8 Å². The van der Waals surface area contributed by atoms with E-state index < -0.39 is 10.8 Å². The first-order chi connectivity index (χ1) is 9.74. The first kappa shape index (κ1) is 21.8. The van der Waals surface area contributed by atoms with Crippen molar-refractivity contribution >= 4 is 52.1 Å². The SMILES string of the molecule is CN=C(NCCS(=O)C(C)(C)C)NCc1sc(C)nc1C.I. The Labute approximate surface area is 157 Å². The number of halogens is 1. The summed E-state index contributed by atoms with van der Waals surface area (Å²) < 4.78 is 11.8. The third-order valence-electron chi connectivity index (χ3n) is 2.90. The van der Waals surface area contributed by atoms with Crippen molar-refractivity contribution < 1.29 is 4.21 Å². The Morgan fingerprint density at radius 1 is 1.32 bits per heavy atom. The monoisotopic (exact) mass is 458 g/mol. The van der Waals surface area contributed by atoms with Gasteiger partial charge in [0, 0.05) is 39.8 Å². The van der Waals surface area contributed by atoms with Crippen molar-refractivity contribution in [3.8, 4) is 0 Å². The summed E-state index contributed by atoms with van der Waals surface area (Å²) in [6, 6.07) is 0. The van der Waals surface area contributed by atoms with Crippen LogP contribution in [0.3, 0.4) is 0 Å². The fourth-order valence-electron chi connectivity index (χ4n) is 1.69. The van der Waals surface area contributed by atoms with Gasteiger partial charge in [0.1, 0.15) is 0 Å². The molecule has 1 aromatic heterocycles. The number of hydrogen-bond acceptors (Lipinski definition) is 4. The topological polar surface area (TPSA) is 66.4 Å². The number of aryl methyl sites for hydroxylation is 2. The van der Waals surface area contributed by atoms with E-state index in [2.05, 4.69) is 20.6 Å². The van der Waals surface area contributed by atoms with Crippen LogP contribution >= 0.6 is 35.3 Å². The van der Waals surface area contributed by atoms with Crippen molar-refractivity contribution in [3.63, 3.8) is 0 Å². The van der Waals surface area contributed by atoms with Crippen LogP contribution in [0.1, 0.15) is 36.3 Å². The molecule has 1 rings (SSSR count). The van der Waals surface area contributed by atoms with E-state index in [1.807, 2.05) is 34.6 Å². The highest BCUT2D eigenvalue weighted by Crippen LogP contribution is 2.16. The maximum absolute atomic E-state index is 12.0.